The molecule has 0 atom stereocenters. The molecule has 3 aromatic rings. The van der Waals surface area contributed by atoms with Crippen molar-refractivity contribution >= 4 is 40.3 Å². The Bertz CT molecular complexity index is 1200. The van der Waals surface area contributed by atoms with Crippen LogP contribution in [0.15, 0.2) is 66.2 Å². The minimum Gasteiger partial charge on any atom is -0.490 e. The third-order valence-corrected chi connectivity index (χ3v) is 5.41. The quantitative estimate of drug-likeness (QED) is 0.202. The number of benzene rings is 3. The Hall–Kier alpha value is -3.38. The Morgan fingerprint density at radius 3 is 2.45 bits per heavy atom. The van der Waals surface area contributed by atoms with E-state index < -0.39 is 11.7 Å². The second-order valence-electron chi connectivity index (χ2n) is 7.17. The number of halogens is 2. The number of rotatable bonds is 8. The van der Waals surface area contributed by atoms with E-state index in [1.54, 1.807) is 6.07 Å². The molecular formula is C26H22FIN2O3. The van der Waals surface area contributed by atoms with Crippen LogP contribution in [0.2, 0.25) is 0 Å². The van der Waals surface area contributed by atoms with Crippen molar-refractivity contribution in [1.29, 1.82) is 5.26 Å². The van der Waals surface area contributed by atoms with Gasteiger partial charge in [0.2, 0.25) is 0 Å². The molecule has 0 saturated heterocycles. The van der Waals surface area contributed by atoms with Crippen LogP contribution < -0.4 is 14.8 Å². The highest BCUT2D eigenvalue weighted by atomic mass is 127. The minimum absolute atomic E-state index is 0.0918. The number of carbonyl (C=O) groups excluding carboxylic acids is 1. The second-order valence-corrected chi connectivity index (χ2v) is 8.33. The van der Waals surface area contributed by atoms with E-state index in [-0.39, 0.29) is 5.57 Å². The van der Waals surface area contributed by atoms with Crippen LogP contribution in [0.1, 0.15) is 23.6 Å². The van der Waals surface area contributed by atoms with E-state index in [0.29, 0.717) is 36.0 Å². The third kappa shape index (κ3) is 6.80. The van der Waals surface area contributed by atoms with Crippen LogP contribution in [0.3, 0.4) is 0 Å². The molecule has 0 bridgehead atoms. The number of hydrogen-bond donors (Lipinski definition) is 1. The lowest BCUT2D eigenvalue weighted by Crippen LogP contribution is -2.13. The van der Waals surface area contributed by atoms with Gasteiger partial charge in [-0.1, -0.05) is 29.8 Å². The first-order valence-electron chi connectivity index (χ1n) is 10.2. The summed E-state index contributed by atoms with van der Waals surface area (Å²) in [5.74, 6) is 0.131. The summed E-state index contributed by atoms with van der Waals surface area (Å²) < 4.78 is 25.7. The zero-order chi connectivity index (χ0) is 23.8. The van der Waals surface area contributed by atoms with Crippen LogP contribution in [0.5, 0.6) is 11.5 Å². The second kappa shape index (κ2) is 11.5. The van der Waals surface area contributed by atoms with Crippen molar-refractivity contribution < 1.29 is 18.7 Å². The van der Waals surface area contributed by atoms with Gasteiger partial charge < -0.3 is 14.8 Å². The molecular weight excluding hydrogens is 534 g/mol. The highest BCUT2D eigenvalue weighted by molar-refractivity contribution is 14.1. The topological polar surface area (TPSA) is 71.3 Å². The number of ether oxygens (including phenoxy) is 2. The van der Waals surface area contributed by atoms with Crippen molar-refractivity contribution in [3.63, 3.8) is 0 Å². The van der Waals surface area contributed by atoms with Crippen LogP contribution in [-0.2, 0) is 11.4 Å². The maximum atomic E-state index is 13.1. The standard InChI is InChI=1S/C26H22FIN2O3/c1-3-32-24-14-19(12-20(15-29)26(31)30-22-10-8-21(27)9-11-22)13-23(28)25(24)33-16-18-6-4-17(2)5-7-18/h4-14H,3,16H2,1-2H3,(H,30,31)/b20-12-. The minimum atomic E-state index is -0.586. The molecule has 0 saturated carbocycles. The summed E-state index contributed by atoms with van der Waals surface area (Å²) in [7, 11) is 0. The molecule has 7 heteroatoms. The van der Waals surface area contributed by atoms with Crippen LogP contribution in [-0.4, -0.2) is 12.5 Å². The lowest BCUT2D eigenvalue weighted by molar-refractivity contribution is -0.112. The largest absolute Gasteiger partial charge is 0.490 e. The Labute approximate surface area is 206 Å². The molecule has 3 rings (SSSR count). The van der Waals surface area contributed by atoms with Crippen molar-refractivity contribution in [2.45, 2.75) is 20.5 Å². The van der Waals surface area contributed by atoms with E-state index in [9.17, 15) is 14.4 Å². The number of nitrogens with zero attached hydrogens (tertiary/aromatic N) is 1. The van der Waals surface area contributed by atoms with Gasteiger partial charge >= 0.3 is 0 Å². The number of aryl methyl sites for hydroxylation is 1. The Balaban J connectivity index is 1.83. The van der Waals surface area contributed by atoms with Crippen molar-refractivity contribution in [2.24, 2.45) is 0 Å². The molecule has 1 amide bonds. The molecule has 3 aromatic carbocycles. The number of hydrogen-bond acceptors (Lipinski definition) is 4. The van der Waals surface area contributed by atoms with Crippen molar-refractivity contribution in [3.8, 4) is 17.6 Å². The first kappa shape index (κ1) is 24.3. The van der Waals surface area contributed by atoms with E-state index >= 15 is 0 Å². The van der Waals surface area contributed by atoms with Crippen LogP contribution in [0, 0.1) is 27.6 Å². The highest BCUT2D eigenvalue weighted by Crippen LogP contribution is 2.35. The Morgan fingerprint density at radius 2 is 1.82 bits per heavy atom. The smallest absolute Gasteiger partial charge is 0.266 e. The monoisotopic (exact) mass is 556 g/mol. The fourth-order valence-corrected chi connectivity index (χ4v) is 3.74. The maximum absolute atomic E-state index is 13.1. The fourth-order valence-electron chi connectivity index (χ4n) is 2.96. The predicted octanol–water partition coefficient (Wildman–Crippen LogP) is 6.26. The zero-order valence-corrected chi connectivity index (χ0v) is 20.4. The fraction of sp³-hybridized carbons (Fsp3) is 0.154. The molecule has 33 heavy (non-hydrogen) atoms. The van der Waals surface area contributed by atoms with E-state index in [2.05, 4.69) is 27.9 Å². The van der Waals surface area contributed by atoms with Gasteiger partial charge in [0.25, 0.3) is 5.91 Å². The van der Waals surface area contributed by atoms with Gasteiger partial charge in [-0.2, -0.15) is 5.26 Å². The van der Waals surface area contributed by atoms with Crippen LogP contribution >= 0.6 is 22.6 Å². The average Bonchev–Trinajstić information content (AvgIpc) is 2.79. The molecule has 0 aromatic heterocycles. The molecule has 0 unspecified atom stereocenters. The summed E-state index contributed by atoms with van der Waals surface area (Å²) >= 11 is 2.14. The Morgan fingerprint density at radius 1 is 1.12 bits per heavy atom. The normalized spacial score (nSPS) is 10.9. The SMILES string of the molecule is CCOc1cc(/C=C(/C#N)C(=O)Nc2ccc(F)cc2)cc(I)c1OCc1ccc(C)cc1. The van der Waals surface area contributed by atoms with Gasteiger partial charge in [0.05, 0.1) is 10.2 Å². The molecule has 0 fully saturated rings. The van der Waals surface area contributed by atoms with Crippen molar-refractivity contribution in [1.82, 2.24) is 0 Å². The molecule has 0 spiro atoms. The first-order chi connectivity index (χ1) is 15.9. The van der Waals surface area contributed by atoms with Gasteiger partial charge in [-0.05, 0) is 90.0 Å². The van der Waals surface area contributed by atoms with Gasteiger partial charge in [0, 0.05) is 5.69 Å². The van der Waals surface area contributed by atoms with Crippen LogP contribution in [0.4, 0.5) is 10.1 Å². The van der Waals surface area contributed by atoms with Gasteiger partial charge in [-0.3, -0.25) is 4.79 Å². The van der Waals surface area contributed by atoms with Gasteiger partial charge in [-0.25, -0.2) is 4.39 Å². The molecule has 5 nitrogen and oxygen atoms in total. The number of carbonyl (C=O) groups is 1. The molecule has 1 N–H and O–H groups in total. The number of anilines is 1. The summed E-state index contributed by atoms with van der Waals surface area (Å²) in [6.45, 7) is 4.72. The highest BCUT2D eigenvalue weighted by Gasteiger charge is 2.15. The number of nitrogens with one attached hydrogen (secondary N) is 1. The summed E-state index contributed by atoms with van der Waals surface area (Å²) in [6, 6.07) is 18.9. The molecule has 0 aliphatic carbocycles. The third-order valence-electron chi connectivity index (χ3n) is 4.61. The van der Waals surface area contributed by atoms with E-state index in [1.807, 2.05) is 50.2 Å². The first-order valence-corrected chi connectivity index (χ1v) is 11.3. The summed E-state index contributed by atoms with van der Waals surface area (Å²) in [5.41, 5.74) is 3.14. The van der Waals surface area contributed by atoms with Crippen LogP contribution in [0.25, 0.3) is 6.08 Å². The summed E-state index contributed by atoms with van der Waals surface area (Å²) in [6.07, 6.45) is 1.48. The van der Waals surface area contributed by atoms with Crippen molar-refractivity contribution in [3.05, 3.63) is 92.3 Å². The summed E-state index contributed by atoms with van der Waals surface area (Å²) in [4.78, 5) is 12.5. The lowest BCUT2D eigenvalue weighted by Gasteiger charge is -2.15. The Kier molecular flexibility index (Phi) is 8.44. The number of nitriles is 1. The predicted molar refractivity (Wildman–Crippen MR) is 134 cm³/mol. The van der Waals surface area contributed by atoms with E-state index in [4.69, 9.17) is 9.47 Å². The lowest BCUT2D eigenvalue weighted by atomic mass is 10.1. The summed E-state index contributed by atoms with van der Waals surface area (Å²) in [5, 5.41) is 12.1. The molecule has 0 aliphatic rings. The van der Waals surface area contributed by atoms with Gasteiger partial charge in [-0.15, -0.1) is 0 Å². The van der Waals surface area contributed by atoms with Crippen molar-refractivity contribution in [2.75, 3.05) is 11.9 Å². The molecule has 168 valence electrons. The number of amides is 1. The molecule has 0 aliphatic heterocycles. The average molecular weight is 556 g/mol. The van der Waals surface area contributed by atoms with E-state index in [0.717, 1.165) is 9.13 Å². The van der Waals surface area contributed by atoms with E-state index in [1.165, 1.54) is 35.9 Å². The van der Waals surface area contributed by atoms with Gasteiger partial charge in [0.15, 0.2) is 11.5 Å². The zero-order valence-electron chi connectivity index (χ0n) is 18.2. The van der Waals surface area contributed by atoms with Gasteiger partial charge in [0.1, 0.15) is 24.1 Å². The molecule has 0 heterocycles. The molecule has 0 radical (unpaired) electrons. The maximum Gasteiger partial charge on any atom is 0.266 e.